The van der Waals surface area contributed by atoms with Gasteiger partial charge in [-0.05, 0) is 36.1 Å². The van der Waals surface area contributed by atoms with Gasteiger partial charge in [-0.2, -0.15) is 17.9 Å². The molecule has 2 aromatic heterocycles. The number of alkyl halides is 3. The lowest BCUT2D eigenvalue weighted by molar-refractivity contribution is -0.389. The first-order chi connectivity index (χ1) is 13.1. The first-order valence-corrected chi connectivity index (χ1v) is 7.77. The Hall–Kier alpha value is -3.70. The second kappa shape index (κ2) is 7.13. The fourth-order valence-corrected chi connectivity index (χ4v) is 2.39. The SMILES string of the molecule is Cc1onc(C(=O)Nc2ccc(C(F)(F)F)cc2)c1Cn1ccc([N+](=O)[O-])n1. The number of aryl methyl sites for hydroxylation is 1. The van der Waals surface area contributed by atoms with E-state index in [1.54, 1.807) is 6.92 Å². The minimum atomic E-state index is -4.48. The van der Waals surface area contributed by atoms with Crippen LogP contribution in [0.3, 0.4) is 0 Å². The molecule has 12 heteroatoms. The Balaban J connectivity index is 1.78. The quantitative estimate of drug-likeness (QED) is 0.523. The molecule has 1 aromatic carbocycles. The topological polar surface area (TPSA) is 116 Å². The van der Waals surface area contributed by atoms with E-state index >= 15 is 0 Å². The fourth-order valence-electron chi connectivity index (χ4n) is 2.39. The molecule has 1 N–H and O–H groups in total. The second-order valence-electron chi connectivity index (χ2n) is 5.72. The molecule has 0 aliphatic carbocycles. The number of amides is 1. The van der Waals surface area contributed by atoms with Crippen LogP contribution in [-0.4, -0.2) is 25.8 Å². The number of hydrogen-bond acceptors (Lipinski definition) is 6. The Morgan fingerprint density at radius 1 is 1.29 bits per heavy atom. The summed E-state index contributed by atoms with van der Waals surface area (Å²) < 4.78 is 44.1. The van der Waals surface area contributed by atoms with Crippen LogP contribution in [0, 0.1) is 17.0 Å². The van der Waals surface area contributed by atoms with Crippen LogP contribution in [0.15, 0.2) is 41.1 Å². The summed E-state index contributed by atoms with van der Waals surface area (Å²) in [6, 6.07) is 5.11. The average molecular weight is 395 g/mol. The third kappa shape index (κ3) is 4.00. The van der Waals surface area contributed by atoms with Crippen molar-refractivity contribution < 1.29 is 27.4 Å². The third-order valence-electron chi connectivity index (χ3n) is 3.80. The maximum absolute atomic E-state index is 12.6. The van der Waals surface area contributed by atoms with Gasteiger partial charge in [-0.15, -0.1) is 0 Å². The molecule has 146 valence electrons. The summed E-state index contributed by atoms with van der Waals surface area (Å²) in [6.07, 6.45) is -3.12. The van der Waals surface area contributed by atoms with Gasteiger partial charge in [-0.1, -0.05) is 5.16 Å². The number of nitrogens with zero attached hydrogens (tertiary/aromatic N) is 4. The van der Waals surface area contributed by atoms with Gasteiger partial charge in [0, 0.05) is 5.69 Å². The third-order valence-corrected chi connectivity index (χ3v) is 3.80. The first kappa shape index (κ1) is 19.1. The maximum atomic E-state index is 12.6. The van der Waals surface area contributed by atoms with E-state index in [9.17, 15) is 28.1 Å². The van der Waals surface area contributed by atoms with Crippen LogP contribution in [0.25, 0.3) is 0 Å². The molecule has 0 fully saturated rings. The molecule has 0 bridgehead atoms. The van der Waals surface area contributed by atoms with Gasteiger partial charge in [0.05, 0.1) is 35.0 Å². The predicted molar refractivity (Wildman–Crippen MR) is 88.6 cm³/mol. The molecular formula is C16H12F3N5O4. The minimum Gasteiger partial charge on any atom is -0.361 e. The van der Waals surface area contributed by atoms with Crippen LogP contribution in [0.1, 0.15) is 27.4 Å². The number of rotatable bonds is 5. The van der Waals surface area contributed by atoms with Crippen LogP contribution in [-0.2, 0) is 12.7 Å². The number of carbonyl (C=O) groups is 1. The van der Waals surface area contributed by atoms with Crippen molar-refractivity contribution in [1.82, 2.24) is 14.9 Å². The monoisotopic (exact) mass is 395 g/mol. The molecule has 0 aliphatic rings. The number of benzene rings is 1. The lowest BCUT2D eigenvalue weighted by Gasteiger charge is -2.08. The van der Waals surface area contributed by atoms with Crippen molar-refractivity contribution in [1.29, 1.82) is 0 Å². The molecule has 3 aromatic rings. The molecule has 0 spiro atoms. The zero-order valence-corrected chi connectivity index (χ0v) is 14.2. The highest BCUT2D eigenvalue weighted by Gasteiger charge is 2.30. The Labute approximate surface area is 154 Å². The molecule has 2 heterocycles. The zero-order chi connectivity index (χ0) is 20.5. The van der Waals surface area contributed by atoms with Gasteiger partial charge in [0.25, 0.3) is 5.91 Å². The van der Waals surface area contributed by atoms with Crippen molar-refractivity contribution >= 4 is 17.4 Å². The molecule has 9 nitrogen and oxygen atoms in total. The highest BCUT2D eigenvalue weighted by Crippen LogP contribution is 2.30. The van der Waals surface area contributed by atoms with Crippen LogP contribution in [0.4, 0.5) is 24.7 Å². The van der Waals surface area contributed by atoms with E-state index in [1.165, 1.54) is 16.9 Å². The summed E-state index contributed by atoms with van der Waals surface area (Å²) in [4.78, 5) is 22.5. The molecule has 3 rings (SSSR count). The number of anilines is 1. The van der Waals surface area contributed by atoms with Crippen LogP contribution < -0.4 is 5.32 Å². The Morgan fingerprint density at radius 2 is 1.96 bits per heavy atom. The molecular weight excluding hydrogens is 383 g/mol. The van der Waals surface area contributed by atoms with Gasteiger partial charge in [0.15, 0.2) is 5.69 Å². The highest BCUT2D eigenvalue weighted by atomic mass is 19.4. The van der Waals surface area contributed by atoms with E-state index in [2.05, 4.69) is 15.6 Å². The molecule has 0 saturated heterocycles. The van der Waals surface area contributed by atoms with Crippen LogP contribution in [0.5, 0.6) is 0 Å². The standard InChI is InChI=1S/C16H12F3N5O4/c1-9-12(8-23-7-6-13(21-23)24(26)27)14(22-28-9)15(25)20-11-4-2-10(3-5-11)16(17,18)19/h2-7H,8H2,1H3,(H,20,25). The van der Waals surface area contributed by atoms with E-state index in [4.69, 9.17) is 4.52 Å². The van der Waals surface area contributed by atoms with Gasteiger partial charge in [-0.3, -0.25) is 4.79 Å². The normalized spacial score (nSPS) is 11.4. The lowest BCUT2D eigenvalue weighted by Crippen LogP contribution is -2.16. The molecule has 28 heavy (non-hydrogen) atoms. The highest BCUT2D eigenvalue weighted by molar-refractivity contribution is 6.03. The predicted octanol–water partition coefficient (Wildman–Crippen LogP) is 3.41. The van der Waals surface area contributed by atoms with Crippen molar-refractivity contribution in [3.63, 3.8) is 0 Å². The largest absolute Gasteiger partial charge is 0.416 e. The van der Waals surface area contributed by atoms with Crippen LogP contribution in [0.2, 0.25) is 0 Å². The smallest absolute Gasteiger partial charge is 0.361 e. The second-order valence-corrected chi connectivity index (χ2v) is 5.72. The van der Waals surface area contributed by atoms with Gasteiger partial charge in [-0.25, -0.2) is 0 Å². The van der Waals surface area contributed by atoms with Crippen molar-refractivity contribution in [2.45, 2.75) is 19.6 Å². The molecule has 1 amide bonds. The van der Waals surface area contributed by atoms with Gasteiger partial charge in [0.1, 0.15) is 5.76 Å². The number of nitrogens with one attached hydrogen (secondary N) is 1. The van der Waals surface area contributed by atoms with Crippen molar-refractivity contribution in [2.24, 2.45) is 0 Å². The first-order valence-electron chi connectivity index (χ1n) is 7.77. The van der Waals surface area contributed by atoms with Crippen molar-refractivity contribution in [2.75, 3.05) is 5.32 Å². The van der Waals surface area contributed by atoms with Gasteiger partial charge in [0.2, 0.25) is 0 Å². The van der Waals surface area contributed by atoms with Crippen LogP contribution >= 0.6 is 0 Å². The molecule has 0 atom stereocenters. The summed E-state index contributed by atoms with van der Waals surface area (Å²) in [7, 11) is 0. The average Bonchev–Trinajstić information content (AvgIpc) is 3.23. The molecule has 0 radical (unpaired) electrons. The molecule has 0 saturated carbocycles. The summed E-state index contributed by atoms with van der Waals surface area (Å²) >= 11 is 0. The summed E-state index contributed by atoms with van der Waals surface area (Å²) in [5.74, 6) is -0.756. The van der Waals surface area contributed by atoms with Crippen molar-refractivity contribution in [3.8, 4) is 0 Å². The van der Waals surface area contributed by atoms with E-state index in [0.717, 1.165) is 24.3 Å². The zero-order valence-electron chi connectivity index (χ0n) is 14.2. The number of halogens is 3. The molecule has 0 aliphatic heterocycles. The maximum Gasteiger partial charge on any atom is 0.416 e. The van der Waals surface area contributed by atoms with E-state index in [1.807, 2.05) is 0 Å². The molecule has 0 unspecified atom stereocenters. The number of carbonyl (C=O) groups excluding carboxylic acids is 1. The number of aromatic nitrogens is 3. The Bertz CT molecular complexity index is 1020. The van der Waals surface area contributed by atoms with E-state index < -0.39 is 22.6 Å². The Kier molecular flexibility index (Phi) is 4.86. The summed E-state index contributed by atoms with van der Waals surface area (Å²) in [6.45, 7) is 1.54. The van der Waals surface area contributed by atoms with E-state index in [-0.39, 0.29) is 23.7 Å². The fraction of sp³-hybridized carbons (Fsp3) is 0.188. The minimum absolute atomic E-state index is 0.0149. The number of nitro groups is 1. The summed E-state index contributed by atoms with van der Waals surface area (Å²) in [5, 5.41) is 20.6. The number of hydrogen-bond donors (Lipinski definition) is 1. The Morgan fingerprint density at radius 3 is 2.54 bits per heavy atom. The van der Waals surface area contributed by atoms with Crippen molar-refractivity contribution in [3.05, 3.63) is 69.2 Å². The van der Waals surface area contributed by atoms with Gasteiger partial charge < -0.3 is 20.0 Å². The van der Waals surface area contributed by atoms with Gasteiger partial charge >= 0.3 is 12.0 Å². The van der Waals surface area contributed by atoms with E-state index in [0.29, 0.717) is 11.3 Å². The summed E-state index contributed by atoms with van der Waals surface area (Å²) in [5.41, 5.74) is -0.471. The lowest BCUT2D eigenvalue weighted by atomic mass is 10.1.